The number of carbonyl (C=O) groups is 1. The molecule has 0 atom stereocenters. The van der Waals surface area contributed by atoms with Gasteiger partial charge in [-0.15, -0.1) is 11.3 Å². The third-order valence-corrected chi connectivity index (χ3v) is 7.22. The molecule has 0 amide bonds. The molecule has 33 heavy (non-hydrogen) atoms. The SMILES string of the molecule is O=C(c1cc(N2CCC(n3c(=O)[nH]c4ncccc43)CC2)ncn1)c1csc2ccccc12. The number of thiophene rings is 1. The van der Waals surface area contributed by atoms with Gasteiger partial charge >= 0.3 is 5.69 Å². The van der Waals surface area contributed by atoms with Gasteiger partial charge in [-0.05, 0) is 31.0 Å². The van der Waals surface area contributed by atoms with E-state index in [9.17, 15) is 9.59 Å². The van der Waals surface area contributed by atoms with Crippen LogP contribution in [0.1, 0.15) is 34.9 Å². The van der Waals surface area contributed by atoms with Crippen LogP contribution in [-0.4, -0.2) is 43.4 Å². The number of fused-ring (bicyclic) bond motifs is 2. The first kappa shape index (κ1) is 19.8. The lowest BCUT2D eigenvalue weighted by molar-refractivity contribution is 0.103. The van der Waals surface area contributed by atoms with Gasteiger partial charge in [0.05, 0.1) is 5.52 Å². The molecule has 0 radical (unpaired) electrons. The van der Waals surface area contributed by atoms with Crippen LogP contribution in [0.2, 0.25) is 0 Å². The maximum atomic E-state index is 13.2. The molecule has 0 saturated carbocycles. The first-order chi connectivity index (χ1) is 16.2. The van der Waals surface area contributed by atoms with Crippen molar-refractivity contribution in [1.29, 1.82) is 0 Å². The number of pyridine rings is 1. The van der Waals surface area contributed by atoms with E-state index in [1.807, 2.05) is 46.3 Å². The molecular weight excluding hydrogens is 436 g/mol. The monoisotopic (exact) mass is 456 g/mol. The van der Waals surface area contributed by atoms with Gasteiger partial charge < -0.3 is 4.90 Å². The largest absolute Gasteiger partial charge is 0.356 e. The number of aromatic amines is 1. The predicted octanol–water partition coefficient (Wildman–Crippen LogP) is 3.80. The van der Waals surface area contributed by atoms with E-state index in [0.29, 0.717) is 16.9 Å². The third-order valence-electron chi connectivity index (χ3n) is 6.25. The van der Waals surface area contributed by atoms with Crippen molar-refractivity contribution in [3.63, 3.8) is 0 Å². The number of H-pyrrole nitrogens is 1. The molecule has 1 aliphatic rings. The van der Waals surface area contributed by atoms with Gasteiger partial charge in [-0.1, -0.05) is 18.2 Å². The Hall–Kier alpha value is -3.85. The van der Waals surface area contributed by atoms with Crippen LogP contribution >= 0.6 is 11.3 Å². The fraction of sp³-hybridized carbons (Fsp3) is 0.208. The minimum Gasteiger partial charge on any atom is -0.356 e. The van der Waals surface area contributed by atoms with Crippen molar-refractivity contribution in [2.45, 2.75) is 18.9 Å². The van der Waals surface area contributed by atoms with Crippen molar-refractivity contribution in [1.82, 2.24) is 24.5 Å². The molecule has 9 heteroatoms. The average molecular weight is 457 g/mol. The number of carbonyl (C=O) groups excluding carboxylic acids is 1. The van der Waals surface area contributed by atoms with Crippen molar-refractivity contribution < 1.29 is 4.79 Å². The molecule has 1 aliphatic heterocycles. The van der Waals surface area contributed by atoms with Crippen LogP contribution in [0.15, 0.2) is 65.2 Å². The summed E-state index contributed by atoms with van der Waals surface area (Å²) in [5.74, 6) is 0.642. The highest BCUT2D eigenvalue weighted by Crippen LogP contribution is 2.29. The number of hydrogen-bond donors (Lipinski definition) is 1. The number of nitrogens with zero attached hydrogens (tertiary/aromatic N) is 5. The van der Waals surface area contributed by atoms with E-state index in [1.54, 1.807) is 23.6 Å². The third kappa shape index (κ3) is 3.41. The van der Waals surface area contributed by atoms with E-state index in [0.717, 1.165) is 47.4 Å². The molecule has 0 spiro atoms. The number of nitrogens with one attached hydrogen (secondary N) is 1. The van der Waals surface area contributed by atoms with Gasteiger partial charge in [-0.3, -0.25) is 14.3 Å². The van der Waals surface area contributed by atoms with Gasteiger partial charge in [0, 0.05) is 52.4 Å². The molecule has 0 bridgehead atoms. The maximum absolute atomic E-state index is 13.2. The predicted molar refractivity (Wildman–Crippen MR) is 128 cm³/mol. The highest BCUT2D eigenvalue weighted by molar-refractivity contribution is 7.17. The van der Waals surface area contributed by atoms with Crippen LogP contribution in [0.3, 0.4) is 0 Å². The van der Waals surface area contributed by atoms with Crippen molar-refractivity contribution in [2.75, 3.05) is 18.0 Å². The normalized spacial score (nSPS) is 14.8. The lowest BCUT2D eigenvalue weighted by atomic mass is 10.0. The van der Waals surface area contributed by atoms with Crippen LogP contribution in [0.5, 0.6) is 0 Å². The van der Waals surface area contributed by atoms with Gasteiger partial charge in [0.1, 0.15) is 17.8 Å². The molecule has 8 nitrogen and oxygen atoms in total. The lowest BCUT2D eigenvalue weighted by Gasteiger charge is -2.33. The van der Waals surface area contributed by atoms with Crippen LogP contribution in [0.4, 0.5) is 5.82 Å². The summed E-state index contributed by atoms with van der Waals surface area (Å²) in [4.78, 5) is 43.6. The summed E-state index contributed by atoms with van der Waals surface area (Å²) in [6.45, 7) is 1.46. The smallest absolute Gasteiger partial charge is 0.327 e. The number of aromatic nitrogens is 5. The van der Waals surface area contributed by atoms with Crippen LogP contribution in [0.25, 0.3) is 21.3 Å². The first-order valence-corrected chi connectivity index (χ1v) is 11.7. The second-order valence-electron chi connectivity index (χ2n) is 8.13. The van der Waals surface area contributed by atoms with Crippen molar-refractivity contribution >= 4 is 44.2 Å². The Balaban J connectivity index is 1.23. The van der Waals surface area contributed by atoms with Gasteiger partial charge in [-0.25, -0.2) is 19.7 Å². The Morgan fingerprint density at radius 3 is 2.79 bits per heavy atom. The Morgan fingerprint density at radius 2 is 1.91 bits per heavy atom. The molecule has 164 valence electrons. The summed E-state index contributed by atoms with van der Waals surface area (Å²) in [7, 11) is 0. The quantitative estimate of drug-likeness (QED) is 0.413. The number of benzene rings is 1. The van der Waals surface area contributed by atoms with E-state index in [1.165, 1.54) is 6.33 Å². The van der Waals surface area contributed by atoms with Gasteiger partial charge in [0.15, 0.2) is 5.65 Å². The molecule has 1 aromatic carbocycles. The second kappa shape index (κ2) is 7.93. The lowest BCUT2D eigenvalue weighted by Crippen LogP contribution is -2.37. The van der Waals surface area contributed by atoms with E-state index in [-0.39, 0.29) is 17.5 Å². The van der Waals surface area contributed by atoms with E-state index >= 15 is 0 Å². The molecule has 0 aliphatic carbocycles. The second-order valence-corrected chi connectivity index (χ2v) is 9.04. The number of piperidine rings is 1. The molecule has 1 fully saturated rings. The molecule has 5 aromatic rings. The molecule has 6 rings (SSSR count). The molecule has 1 N–H and O–H groups in total. The number of hydrogen-bond acceptors (Lipinski definition) is 7. The molecular formula is C24H20N6O2S. The van der Waals surface area contributed by atoms with Crippen molar-refractivity contribution in [3.05, 3.63) is 82.1 Å². The Morgan fingerprint density at radius 1 is 1.06 bits per heavy atom. The summed E-state index contributed by atoms with van der Waals surface area (Å²) in [5.41, 5.74) is 2.39. The number of rotatable bonds is 4. The topological polar surface area (TPSA) is 96.8 Å². The van der Waals surface area contributed by atoms with Crippen LogP contribution in [-0.2, 0) is 0 Å². The highest BCUT2D eigenvalue weighted by atomic mass is 32.1. The Bertz CT molecular complexity index is 1540. The average Bonchev–Trinajstić information content (AvgIpc) is 3.44. The summed E-state index contributed by atoms with van der Waals surface area (Å²) in [5, 5.41) is 2.85. The fourth-order valence-corrected chi connectivity index (χ4v) is 5.55. The van der Waals surface area contributed by atoms with E-state index < -0.39 is 0 Å². The summed E-state index contributed by atoms with van der Waals surface area (Å²) in [6.07, 6.45) is 4.73. The minimum atomic E-state index is -0.125. The van der Waals surface area contributed by atoms with Crippen molar-refractivity contribution in [3.8, 4) is 0 Å². The molecule has 1 saturated heterocycles. The number of ketones is 1. The van der Waals surface area contributed by atoms with Crippen LogP contribution < -0.4 is 10.6 Å². The molecule has 4 aromatic heterocycles. The summed E-state index contributed by atoms with van der Waals surface area (Å²) in [6, 6.07) is 13.5. The summed E-state index contributed by atoms with van der Waals surface area (Å²) >= 11 is 1.56. The highest BCUT2D eigenvalue weighted by Gasteiger charge is 2.25. The van der Waals surface area contributed by atoms with Crippen molar-refractivity contribution in [2.24, 2.45) is 0 Å². The minimum absolute atomic E-state index is 0.0896. The Labute approximate surface area is 192 Å². The van der Waals surface area contributed by atoms with Gasteiger partial charge in [0.2, 0.25) is 5.78 Å². The van der Waals surface area contributed by atoms with Crippen LogP contribution in [0, 0.1) is 0 Å². The maximum Gasteiger partial charge on any atom is 0.327 e. The zero-order valence-electron chi connectivity index (χ0n) is 17.6. The van der Waals surface area contributed by atoms with E-state index in [2.05, 4.69) is 24.8 Å². The van der Waals surface area contributed by atoms with Gasteiger partial charge in [-0.2, -0.15) is 0 Å². The fourth-order valence-electron chi connectivity index (χ4n) is 4.61. The molecule has 0 unspecified atom stereocenters. The Kier molecular flexibility index (Phi) is 4.76. The number of imidazole rings is 1. The zero-order valence-corrected chi connectivity index (χ0v) is 18.5. The molecule has 5 heterocycles. The van der Waals surface area contributed by atoms with Gasteiger partial charge in [0.25, 0.3) is 0 Å². The summed E-state index contributed by atoms with van der Waals surface area (Å²) < 4.78 is 2.90. The first-order valence-electron chi connectivity index (χ1n) is 10.8. The van der Waals surface area contributed by atoms with E-state index in [4.69, 9.17) is 0 Å². The zero-order chi connectivity index (χ0) is 22.4. The number of anilines is 1. The standard InChI is InChI=1S/C24H20N6O2S/c31-22(17-13-33-20-6-2-1-4-16(17)20)18-12-21(27-14-26-18)29-10-7-15(8-11-29)30-19-5-3-9-25-23(19)28-24(30)32/h1-6,9,12-15H,7-8,10-11H2,(H,25,28,32).